The number of morpholine rings is 1. The van der Waals surface area contributed by atoms with Gasteiger partial charge in [0.2, 0.25) is 0 Å². The summed E-state index contributed by atoms with van der Waals surface area (Å²) in [5.74, 6) is 0. The molecule has 0 aromatic carbocycles. The quantitative estimate of drug-likeness (QED) is 0.872. The average Bonchev–Trinajstić information content (AvgIpc) is 2.68. The fourth-order valence-corrected chi connectivity index (χ4v) is 2.60. The molecule has 1 fully saturated rings. The minimum Gasteiger partial charge on any atom is -0.384 e. The van der Waals surface area contributed by atoms with Crippen LogP contribution in [0.25, 0.3) is 0 Å². The molecule has 2 heterocycles. The fraction of sp³-hybridized carbons (Fsp3) is 0.800. The Morgan fingerprint density at radius 2 is 2.41 bits per heavy atom. The molecule has 1 aliphatic rings. The summed E-state index contributed by atoms with van der Waals surface area (Å²) in [6.45, 7) is 5.38. The number of ether oxygens (including phenoxy) is 1. The normalized spacial score (nSPS) is 23.9. The molecule has 1 saturated heterocycles. The molecule has 0 amide bonds. The number of hydrogen-bond donors (Lipinski definition) is 1. The van der Waals surface area contributed by atoms with Gasteiger partial charge >= 0.3 is 0 Å². The van der Waals surface area contributed by atoms with Crippen LogP contribution in [0.5, 0.6) is 0 Å². The van der Waals surface area contributed by atoms with Gasteiger partial charge in [-0.2, -0.15) is 0 Å². The summed E-state index contributed by atoms with van der Waals surface area (Å²) in [5.41, 5.74) is 0.660. The lowest BCUT2D eigenvalue weighted by molar-refractivity contribution is -0.0912. The highest BCUT2D eigenvalue weighted by Crippen LogP contribution is 2.26. The number of rotatable bonds is 3. The summed E-state index contributed by atoms with van der Waals surface area (Å²) in [5, 5.41) is 18.1. The largest absolute Gasteiger partial charge is 0.384 e. The highest BCUT2D eigenvalue weighted by Gasteiger charge is 2.31. The van der Waals surface area contributed by atoms with E-state index in [1.165, 1.54) is 0 Å². The standard InChI is InChI=1S/C10H17BrN4O2/c1-3-15-4-5-17-7(6-15)9(16)8-10(11)12-13-14(8)2/h7,9,16H,3-6H2,1-2H3. The molecule has 17 heavy (non-hydrogen) atoms. The first-order valence-corrected chi connectivity index (χ1v) is 6.50. The lowest BCUT2D eigenvalue weighted by atomic mass is 10.1. The molecule has 2 atom stereocenters. The van der Waals surface area contributed by atoms with E-state index in [1.54, 1.807) is 11.7 Å². The van der Waals surface area contributed by atoms with E-state index >= 15 is 0 Å². The molecule has 6 nitrogen and oxygen atoms in total. The topological polar surface area (TPSA) is 63.4 Å². The van der Waals surface area contributed by atoms with Crippen LogP contribution in [0.4, 0.5) is 0 Å². The van der Waals surface area contributed by atoms with Crippen LogP contribution < -0.4 is 0 Å². The molecular formula is C10H17BrN4O2. The highest BCUT2D eigenvalue weighted by atomic mass is 79.9. The predicted octanol–water partition coefficient (Wildman–Crippen LogP) is 0.332. The number of hydrogen-bond acceptors (Lipinski definition) is 5. The van der Waals surface area contributed by atoms with Crippen LogP contribution in [-0.4, -0.2) is 57.3 Å². The molecule has 0 spiro atoms. The Bertz CT molecular complexity index is 365. The van der Waals surface area contributed by atoms with Gasteiger partial charge in [-0.25, -0.2) is 4.68 Å². The number of likely N-dealkylation sites (N-methyl/N-ethyl adjacent to an activating group) is 1. The lowest BCUT2D eigenvalue weighted by Crippen LogP contribution is -2.45. The Kier molecular flexibility index (Phi) is 4.13. The first-order chi connectivity index (χ1) is 8.13. The van der Waals surface area contributed by atoms with Gasteiger partial charge in [-0.3, -0.25) is 4.90 Å². The maximum atomic E-state index is 10.3. The first-order valence-electron chi connectivity index (χ1n) is 5.70. The summed E-state index contributed by atoms with van der Waals surface area (Å²) >= 11 is 3.29. The molecule has 2 unspecified atom stereocenters. The lowest BCUT2D eigenvalue weighted by Gasteiger charge is -2.34. The van der Waals surface area contributed by atoms with Crippen LogP contribution in [0.1, 0.15) is 18.7 Å². The van der Waals surface area contributed by atoms with Gasteiger partial charge in [-0.1, -0.05) is 12.1 Å². The van der Waals surface area contributed by atoms with Crippen molar-refractivity contribution >= 4 is 15.9 Å². The molecule has 2 rings (SSSR count). The van der Waals surface area contributed by atoms with E-state index < -0.39 is 6.10 Å². The van der Waals surface area contributed by atoms with Crippen LogP contribution in [-0.2, 0) is 11.8 Å². The third kappa shape index (κ3) is 2.67. The van der Waals surface area contributed by atoms with E-state index in [-0.39, 0.29) is 6.10 Å². The van der Waals surface area contributed by atoms with E-state index in [1.807, 2.05) is 0 Å². The number of aryl methyl sites for hydroxylation is 1. The van der Waals surface area contributed by atoms with Gasteiger partial charge in [-0.05, 0) is 22.5 Å². The van der Waals surface area contributed by atoms with Crippen LogP contribution in [0.15, 0.2) is 4.60 Å². The number of aliphatic hydroxyl groups excluding tert-OH is 1. The smallest absolute Gasteiger partial charge is 0.154 e. The Morgan fingerprint density at radius 1 is 1.65 bits per heavy atom. The second-order valence-electron chi connectivity index (χ2n) is 4.14. The van der Waals surface area contributed by atoms with Gasteiger partial charge in [0.15, 0.2) is 4.60 Å². The van der Waals surface area contributed by atoms with Crippen molar-refractivity contribution < 1.29 is 9.84 Å². The monoisotopic (exact) mass is 304 g/mol. The van der Waals surface area contributed by atoms with Crippen LogP contribution in [0.3, 0.4) is 0 Å². The maximum Gasteiger partial charge on any atom is 0.154 e. The van der Waals surface area contributed by atoms with Crippen molar-refractivity contribution in [1.29, 1.82) is 0 Å². The van der Waals surface area contributed by atoms with E-state index in [0.717, 1.165) is 19.6 Å². The van der Waals surface area contributed by atoms with Crippen molar-refractivity contribution in [3.05, 3.63) is 10.3 Å². The summed E-state index contributed by atoms with van der Waals surface area (Å²) < 4.78 is 7.77. The zero-order chi connectivity index (χ0) is 12.4. The molecule has 96 valence electrons. The van der Waals surface area contributed by atoms with Crippen molar-refractivity contribution in [3.63, 3.8) is 0 Å². The van der Waals surface area contributed by atoms with E-state index in [4.69, 9.17) is 4.74 Å². The molecule has 7 heteroatoms. The van der Waals surface area contributed by atoms with Crippen molar-refractivity contribution in [1.82, 2.24) is 19.9 Å². The minimum atomic E-state index is -0.710. The Balaban J connectivity index is 2.11. The van der Waals surface area contributed by atoms with E-state index in [0.29, 0.717) is 16.9 Å². The molecular weight excluding hydrogens is 288 g/mol. The summed E-state index contributed by atoms with van der Waals surface area (Å²) in [6.07, 6.45) is -0.934. The zero-order valence-electron chi connectivity index (χ0n) is 10.0. The number of halogens is 1. The van der Waals surface area contributed by atoms with Gasteiger partial charge in [0.05, 0.1) is 6.61 Å². The van der Waals surface area contributed by atoms with E-state index in [9.17, 15) is 5.11 Å². The number of nitrogens with zero attached hydrogens (tertiary/aromatic N) is 4. The van der Waals surface area contributed by atoms with Gasteiger partial charge in [0.25, 0.3) is 0 Å². The second-order valence-corrected chi connectivity index (χ2v) is 4.89. The van der Waals surface area contributed by atoms with Gasteiger partial charge in [-0.15, -0.1) is 5.10 Å². The van der Waals surface area contributed by atoms with Crippen molar-refractivity contribution in [2.45, 2.75) is 19.1 Å². The molecule has 0 aliphatic carbocycles. The molecule has 0 saturated carbocycles. The van der Waals surface area contributed by atoms with Crippen LogP contribution in [0, 0.1) is 0 Å². The van der Waals surface area contributed by atoms with Crippen molar-refractivity contribution in [2.75, 3.05) is 26.2 Å². The molecule has 0 bridgehead atoms. The SMILES string of the molecule is CCN1CCOC(C(O)c2c(Br)nnn2C)C1. The minimum absolute atomic E-state index is 0.225. The average molecular weight is 305 g/mol. The Hall–Kier alpha value is -0.500. The van der Waals surface area contributed by atoms with Crippen molar-refractivity contribution in [3.8, 4) is 0 Å². The van der Waals surface area contributed by atoms with E-state index in [2.05, 4.69) is 38.1 Å². The number of aromatic nitrogens is 3. The third-order valence-corrected chi connectivity index (χ3v) is 3.65. The molecule has 1 aromatic rings. The maximum absolute atomic E-state index is 10.3. The highest BCUT2D eigenvalue weighted by molar-refractivity contribution is 9.10. The Labute approximate surface area is 109 Å². The number of aliphatic hydroxyl groups is 1. The van der Waals surface area contributed by atoms with Gasteiger partial charge < -0.3 is 9.84 Å². The Morgan fingerprint density at radius 3 is 3.00 bits per heavy atom. The fourth-order valence-electron chi connectivity index (χ4n) is 2.04. The van der Waals surface area contributed by atoms with Gasteiger partial charge in [0, 0.05) is 20.1 Å². The molecule has 1 N–H and O–H groups in total. The van der Waals surface area contributed by atoms with Crippen LogP contribution in [0.2, 0.25) is 0 Å². The van der Waals surface area contributed by atoms with Crippen LogP contribution >= 0.6 is 15.9 Å². The molecule has 1 aromatic heterocycles. The predicted molar refractivity (Wildman–Crippen MR) is 65.5 cm³/mol. The van der Waals surface area contributed by atoms with Gasteiger partial charge in [0.1, 0.15) is 17.9 Å². The zero-order valence-corrected chi connectivity index (χ0v) is 11.6. The molecule has 0 radical (unpaired) electrons. The second kappa shape index (κ2) is 5.43. The van der Waals surface area contributed by atoms with Crippen molar-refractivity contribution in [2.24, 2.45) is 7.05 Å². The summed E-state index contributed by atoms with van der Waals surface area (Å²) in [4.78, 5) is 2.26. The molecule has 1 aliphatic heterocycles. The third-order valence-electron chi connectivity index (χ3n) is 3.08. The summed E-state index contributed by atoms with van der Waals surface area (Å²) in [7, 11) is 1.76. The summed E-state index contributed by atoms with van der Waals surface area (Å²) in [6, 6.07) is 0. The first kappa shape index (κ1) is 12.9.